The van der Waals surface area contributed by atoms with Crippen LogP contribution < -0.4 is 15.4 Å². The number of rotatable bonds is 6. The van der Waals surface area contributed by atoms with Crippen molar-refractivity contribution in [2.24, 2.45) is 4.99 Å². The van der Waals surface area contributed by atoms with Crippen LogP contribution in [-0.4, -0.2) is 31.1 Å². The van der Waals surface area contributed by atoms with Crippen LogP contribution in [0.15, 0.2) is 35.5 Å². The van der Waals surface area contributed by atoms with Gasteiger partial charge in [0.1, 0.15) is 17.4 Å². The molecule has 0 fully saturated rings. The molecule has 0 bridgehead atoms. The Morgan fingerprint density at radius 1 is 1.20 bits per heavy atom. The molecule has 0 amide bonds. The average Bonchev–Trinajstić information content (AvgIpc) is 2.99. The normalized spacial score (nSPS) is 12.1. The van der Waals surface area contributed by atoms with Gasteiger partial charge in [-0.3, -0.25) is 4.99 Å². The Kier molecular flexibility index (Phi) is 6.82. The van der Waals surface area contributed by atoms with E-state index in [-0.39, 0.29) is 5.41 Å². The van der Waals surface area contributed by atoms with Crippen molar-refractivity contribution < 1.29 is 4.74 Å². The maximum atomic E-state index is 5.78. The number of nitrogens with one attached hydrogen (secondary N) is 2. The van der Waals surface area contributed by atoms with E-state index in [1.807, 2.05) is 18.3 Å². The Labute approximate surface area is 154 Å². The maximum Gasteiger partial charge on any atom is 0.191 e. The molecule has 0 aliphatic carbocycles. The number of hydrogen-bond acceptors (Lipinski definition) is 4. The van der Waals surface area contributed by atoms with Crippen molar-refractivity contribution in [1.82, 2.24) is 15.6 Å². The van der Waals surface area contributed by atoms with Crippen molar-refractivity contribution >= 4 is 17.3 Å². The molecule has 0 spiro atoms. The van der Waals surface area contributed by atoms with Gasteiger partial charge < -0.3 is 15.4 Å². The summed E-state index contributed by atoms with van der Waals surface area (Å²) < 4.78 is 5.78. The lowest BCUT2D eigenvalue weighted by Crippen LogP contribution is -2.38. The van der Waals surface area contributed by atoms with Gasteiger partial charge in [0.05, 0.1) is 13.1 Å². The van der Waals surface area contributed by atoms with E-state index in [4.69, 9.17) is 4.74 Å². The molecule has 136 valence electrons. The number of aromatic nitrogens is 1. The summed E-state index contributed by atoms with van der Waals surface area (Å²) in [6.07, 6.45) is 1.89. The zero-order chi connectivity index (χ0) is 18.3. The number of ether oxygens (including phenoxy) is 1. The predicted molar refractivity (Wildman–Crippen MR) is 106 cm³/mol. The highest BCUT2D eigenvalue weighted by atomic mass is 32.1. The largest absolute Gasteiger partial charge is 0.492 e. The molecule has 0 unspecified atom stereocenters. The number of aryl methyl sites for hydroxylation is 1. The van der Waals surface area contributed by atoms with Crippen LogP contribution in [0, 0.1) is 6.92 Å². The molecule has 25 heavy (non-hydrogen) atoms. The monoisotopic (exact) mass is 360 g/mol. The summed E-state index contributed by atoms with van der Waals surface area (Å²) in [5.74, 6) is 1.63. The Morgan fingerprint density at radius 2 is 1.92 bits per heavy atom. The summed E-state index contributed by atoms with van der Waals surface area (Å²) in [5, 5.41) is 7.55. The van der Waals surface area contributed by atoms with Gasteiger partial charge in [-0.25, -0.2) is 4.98 Å². The molecular weight excluding hydrogens is 332 g/mol. The van der Waals surface area contributed by atoms with Crippen LogP contribution in [0.3, 0.4) is 0 Å². The fraction of sp³-hybridized carbons (Fsp3) is 0.474. The van der Waals surface area contributed by atoms with Crippen molar-refractivity contribution in [2.75, 3.05) is 20.2 Å². The molecule has 0 saturated heterocycles. The molecule has 5 nitrogen and oxygen atoms in total. The highest BCUT2D eigenvalue weighted by molar-refractivity contribution is 7.11. The van der Waals surface area contributed by atoms with Gasteiger partial charge in [-0.1, -0.05) is 32.9 Å². The van der Waals surface area contributed by atoms with Crippen LogP contribution in [0.25, 0.3) is 0 Å². The van der Waals surface area contributed by atoms with Crippen LogP contribution in [0.2, 0.25) is 0 Å². The Bertz CT molecular complexity index is 686. The maximum absolute atomic E-state index is 5.78. The number of benzene rings is 1. The molecular formula is C19H28N4OS. The molecule has 1 heterocycles. The van der Waals surface area contributed by atoms with E-state index in [2.05, 4.69) is 60.4 Å². The summed E-state index contributed by atoms with van der Waals surface area (Å²) >= 11 is 1.69. The Balaban J connectivity index is 1.70. The molecule has 2 rings (SSSR count). The number of hydrogen-bond donors (Lipinski definition) is 2. The second kappa shape index (κ2) is 8.85. The molecule has 1 aromatic carbocycles. The number of thiazole rings is 1. The highest BCUT2D eigenvalue weighted by Gasteiger charge is 2.12. The summed E-state index contributed by atoms with van der Waals surface area (Å²) in [4.78, 5) is 9.75. The fourth-order valence-electron chi connectivity index (χ4n) is 2.25. The SMILES string of the molecule is CN=C(NCCOc1ccc(C(C)(C)C)cc1)NCc1ncc(C)s1. The molecule has 2 N–H and O–H groups in total. The third-order valence-electron chi connectivity index (χ3n) is 3.68. The van der Waals surface area contributed by atoms with E-state index in [0.717, 1.165) is 16.7 Å². The molecule has 0 saturated carbocycles. The standard InChI is InChI=1S/C19H28N4OS/c1-14-12-22-17(25-14)13-23-18(20-5)21-10-11-24-16-8-6-15(7-9-16)19(2,3)4/h6-9,12H,10-11,13H2,1-5H3,(H2,20,21,23). The Hall–Kier alpha value is -2.08. The van der Waals surface area contributed by atoms with Crippen LogP contribution in [-0.2, 0) is 12.0 Å². The number of aliphatic imine (C=N–C) groups is 1. The van der Waals surface area contributed by atoms with Crippen LogP contribution in [0.5, 0.6) is 5.75 Å². The van der Waals surface area contributed by atoms with E-state index >= 15 is 0 Å². The molecule has 0 aliphatic heterocycles. The third-order valence-corrected chi connectivity index (χ3v) is 4.60. The first-order valence-electron chi connectivity index (χ1n) is 8.47. The van der Waals surface area contributed by atoms with Crippen LogP contribution >= 0.6 is 11.3 Å². The smallest absolute Gasteiger partial charge is 0.191 e. The summed E-state index contributed by atoms with van der Waals surface area (Å²) in [7, 11) is 1.76. The average molecular weight is 361 g/mol. The molecule has 0 aliphatic rings. The first-order valence-corrected chi connectivity index (χ1v) is 9.29. The number of nitrogens with zero attached hydrogens (tertiary/aromatic N) is 2. The van der Waals surface area contributed by atoms with Crippen molar-refractivity contribution in [3.8, 4) is 5.75 Å². The second-order valence-electron chi connectivity index (χ2n) is 6.84. The van der Waals surface area contributed by atoms with E-state index < -0.39 is 0 Å². The van der Waals surface area contributed by atoms with E-state index in [1.165, 1.54) is 10.4 Å². The first-order chi connectivity index (χ1) is 11.9. The molecule has 0 radical (unpaired) electrons. The van der Waals surface area contributed by atoms with Gasteiger partial charge in [-0.2, -0.15) is 0 Å². The summed E-state index contributed by atoms with van der Waals surface area (Å²) in [6, 6.07) is 8.30. The second-order valence-corrected chi connectivity index (χ2v) is 8.16. The minimum absolute atomic E-state index is 0.161. The minimum atomic E-state index is 0.161. The van der Waals surface area contributed by atoms with Crippen molar-refractivity contribution in [2.45, 2.75) is 39.7 Å². The lowest BCUT2D eigenvalue weighted by molar-refractivity contribution is 0.321. The van der Waals surface area contributed by atoms with E-state index in [9.17, 15) is 0 Å². The van der Waals surface area contributed by atoms with Crippen molar-refractivity contribution in [3.63, 3.8) is 0 Å². The quantitative estimate of drug-likeness (QED) is 0.470. The molecule has 2 aromatic rings. The Morgan fingerprint density at radius 3 is 2.48 bits per heavy atom. The lowest BCUT2D eigenvalue weighted by Gasteiger charge is -2.19. The highest BCUT2D eigenvalue weighted by Crippen LogP contribution is 2.24. The fourth-order valence-corrected chi connectivity index (χ4v) is 2.98. The van der Waals surface area contributed by atoms with Crippen LogP contribution in [0.4, 0.5) is 0 Å². The minimum Gasteiger partial charge on any atom is -0.492 e. The topological polar surface area (TPSA) is 58.5 Å². The van der Waals surface area contributed by atoms with Gasteiger partial charge in [0.25, 0.3) is 0 Å². The summed E-state index contributed by atoms with van der Waals surface area (Å²) in [6.45, 7) is 10.6. The number of guanidine groups is 1. The molecule has 0 atom stereocenters. The zero-order valence-corrected chi connectivity index (χ0v) is 16.5. The van der Waals surface area contributed by atoms with Gasteiger partial charge in [-0.05, 0) is 30.0 Å². The first kappa shape index (κ1) is 19.2. The van der Waals surface area contributed by atoms with Gasteiger partial charge >= 0.3 is 0 Å². The van der Waals surface area contributed by atoms with Gasteiger partial charge in [0.15, 0.2) is 5.96 Å². The summed E-state index contributed by atoms with van der Waals surface area (Å²) in [5.41, 5.74) is 1.47. The van der Waals surface area contributed by atoms with E-state index in [0.29, 0.717) is 19.7 Å². The lowest BCUT2D eigenvalue weighted by atomic mass is 9.87. The van der Waals surface area contributed by atoms with Gasteiger partial charge in [0.2, 0.25) is 0 Å². The third kappa shape index (κ3) is 6.38. The van der Waals surface area contributed by atoms with Gasteiger partial charge in [0, 0.05) is 18.1 Å². The molecule has 1 aromatic heterocycles. The molecule has 6 heteroatoms. The van der Waals surface area contributed by atoms with Crippen molar-refractivity contribution in [3.05, 3.63) is 45.9 Å². The van der Waals surface area contributed by atoms with Crippen molar-refractivity contribution in [1.29, 1.82) is 0 Å². The van der Waals surface area contributed by atoms with Crippen LogP contribution in [0.1, 0.15) is 36.2 Å². The van der Waals surface area contributed by atoms with Gasteiger partial charge in [-0.15, -0.1) is 11.3 Å². The van der Waals surface area contributed by atoms with E-state index in [1.54, 1.807) is 18.4 Å². The zero-order valence-electron chi connectivity index (χ0n) is 15.7. The predicted octanol–water partition coefficient (Wildman–Crippen LogP) is 3.49.